The smallest absolute Gasteiger partial charge is 0.405 e. The first kappa shape index (κ1) is 29.4. The number of alkyl halides is 3. The standard InChI is InChI=1S/C30H29F3N8O2/c31-30(32,33)26-14-11-23(17-35-26)20-5-1-18(2-6-20)15-25(37-28(42)22-7-3-19(16-34)4-8-22)29(43)36-24-12-9-21(10-13-24)27-38-40-41-39-27/h1-2,5-6,9-14,16-17,22,25H,3-4,7-8,15,34H2,(H,36,43)(H,37,42)(H,38,39,40,41)/t22?,25-/m0/s1. The molecule has 0 aliphatic heterocycles. The van der Waals surface area contributed by atoms with Crippen LogP contribution in [-0.2, 0) is 22.2 Å². The van der Waals surface area contributed by atoms with Crippen LogP contribution >= 0.6 is 0 Å². The fraction of sp³-hybridized carbons (Fsp3) is 0.267. The number of carbonyl (C=O) groups is 2. The molecule has 13 heteroatoms. The van der Waals surface area contributed by atoms with Crippen LogP contribution < -0.4 is 16.4 Å². The molecule has 2 aromatic heterocycles. The van der Waals surface area contributed by atoms with Crippen LogP contribution in [0.2, 0.25) is 0 Å². The summed E-state index contributed by atoms with van der Waals surface area (Å²) in [6.07, 6.45) is 1.22. The summed E-state index contributed by atoms with van der Waals surface area (Å²) in [6, 6.07) is 15.4. The second kappa shape index (κ2) is 12.8. The van der Waals surface area contributed by atoms with Crippen LogP contribution in [0.4, 0.5) is 18.9 Å². The summed E-state index contributed by atoms with van der Waals surface area (Å²) in [5.74, 6) is -0.410. The van der Waals surface area contributed by atoms with E-state index < -0.39 is 23.8 Å². The third-order valence-electron chi connectivity index (χ3n) is 7.40. The molecule has 5 rings (SSSR count). The molecule has 0 radical (unpaired) electrons. The van der Waals surface area contributed by atoms with Gasteiger partial charge in [-0.15, -0.1) is 10.2 Å². The first-order valence-electron chi connectivity index (χ1n) is 13.7. The number of amides is 2. The average molecular weight is 591 g/mol. The number of pyridine rings is 1. The van der Waals surface area contributed by atoms with Crippen molar-refractivity contribution in [3.63, 3.8) is 0 Å². The van der Waals surface area contributed by atoms with Crippen LogP contribution in [0.3, 0.4) is 0 Å². The molecule has 1 fully saturated rings. The van der Waals surface area contributed by atoms with E-state index in [0.29, 0.717) is 41.0 Å². The summed E-state index contributed by atoms with van der Waals surface area (Å²) >= 11 is 0. The number of tetrazole rings is 1. The Morgan fingerprint density at radius 1 is 0.977 bits per heavy atom. The molecule has 4 aromatic rings. The Hall–Kier alpha value is -5.07. The highest BCUT2D eigenvalue weighted by Gasteiger charge is 2.32. The third kappa shape index (κ3) is 7.42. The van der Waals surface area contributed by atoms with Crippen molar-refractivity contribution in [1.29, 1.82) is 0 Å². The Morgan fingerprint density at radius 2 is 1.65 bits per heavy atom. The Kier molecular flexibility index (Phi) is 8.79. The maximum Gasteiger partial charge on any atom is 0.433 e. The average Bonchev–Trinajstić information content (AvgIpc) is 3.56. The predicted octanol–water partition coefficient (Wildman–Crippen LogP) is 4.65. The van der Waals surface area contributed by atoms with Gasteiger partial charge in [0.15, 0.2) is 0 Å². The molecule has 0 bridgehead atoms. The molecule has 222 valence electrons. The summed E-state index contributed by atoms with van der Waals surface area (Å²) in [7, 11) is 0. The van der Waals surface area contributed by atoms with Crippen molar-refractivity contribution in [3.8, 4) is 22.5 Å². The molecule has 43 heavy (non-hydrogen) atoms. The van der Waals surface area contributed by atoms with E-state index in [0.717, 1.165) is 30.0 Å². The van der Waals surface area contributed by atoms with E-state index in [4.69, 9.17) is 5.73 Å². The van der Waals surface area contributed by atoms with Crippen molar-refractivity contribution < 1.29 is 22.8 Å². The van der Waals surface area contributed by atoms with E-state index in [1.165, 1.54) is 12.3 Å². The number of benzene rings is 2. The fourth-order valence-electron chi connectivity index (χ4n) is 4.93. The van der Waals surface area contributed by atoms with Crippen molar-refractivity contribution in [3.05, 3.63) is 89.9 Å². The number of hydrogen-bond donors (Lipinski definition) is 4. The van der Waals surface area contributed by atoms with Crippen molar-refractivity contribution in [1.82, 2.24) is 30.9 Å². The number of allylic oxidation sites excluding steroid dienone is 1. The number of anilines is 1. The van der Waals surface area contributed by atoms with E-state index in [-0.39, 0.29) is 18.2 Å². The zero-order valence-corrected chi connectivity index (χ0v) is 22.9. The second-order valence-corrected chi connectivity index (χ2v) is 10.3. The molecule has 0 saturated heterocycles. The summed E-state index contributed by atoms with van der Waals surface area (Å²) < 4.78 is 38.6. The van der Waals surface area contributed by atoms with E-state index >= 15 is 0 Å². The largest absolute Gasteiger partial charge is 0.433 e. The molecule has 0 spiro atoms. The first-order chi connectivity index (χ1) is 20.7. The number of hydrogen-bond acceptors (Lipinski definition) is 7. The number of nitrogens with one attached hydrogen (secondary N) is 3. The molecular weight excluding hydrogens is 561 g/mol. The minimum absolute atomic E-state index is 0.198. The number of halogens is 3. The molecule has 1 aliphatic rings. The second-order valence-electron chi connectivity index (χ2n) is 10.3. The van der Waals surface area contributed by atoms with Gasteiger partial charge in [0.1, 0.15) is 11.7 Å². The minimum Gasteiger partial charge on any atom is -0.405 e. The summed E-state index contributed by atoms with van der Waals surface area (Å²) in [4.78, 5) is 30.2. The first-order valence-corrected chi connectivity index (χ1v) is 13.7. The SMILES string of the molecule is NC=C1CCC(C(=O)N[C@@H](Cc2ccc(-c3ccc(C(F)(F)F)nc3)cc2)C(=O)Nc2ccc(-c3nn[nH]n3)cc2)CC1. The highest BCUT2D eigenvalue weighted by molar-refractivity contribution is 5.97. The topological polar surface area (TPSA) is 152 Å². The quantitative estimate of drug-likeness (QED) is 0.233. The normalized spacial score (nSPS) is 15.9. The lowest BCUT2D eigenvalue weighted by molar-refractivity contribution is -0.141. The van der Waals surface area contributed by atoms with Crippen LogP contribution in [0, 0.1) is 5.92 Å². The lowest BCUT2D eigenvalue weighted by Gasteiger charge is -2.26. The monoisotopic (exact) mass is 590 g/mol. The molecule has 1 aliphatic carbocycles. The molecule has 5 N–H and O–H groups in total. The van der Waals surface area contributed by atoms with Crippen LogP contribution in [0.5, 0.6) is 0 Å². The van der Waals surface area contributed by atoms with Gasteiger partial charge >= 0.3 is 6.18 Å². The molecule has 10 nitrogen and oxygen atoms in total. The Labute approximate surface area is 245 Å². The lowest BCUT2D eigenvalue weighted by Crippen LogP contribution is -2.47. The van der Waals surface area contributed by atoms with Gasteiger partial charge in [0.25, 0.3) is 0 Å². The number of aromatic amines is 1. The van der Waals surface area contributed by atoms with Gasteiger partial charge in [-0.2, -0.15) is 18.4 Å². The van der Waals surface area contributed by atoms with E-state index in [2.05, 4.69) is 36.2 Å². The summed E-state index contributed by atoms with van der Waals surface area (Å²) in [5.41, 5.74) is 8.98. The zero-order chi connectivity index (χ0) is 30.4. The van der Waals surface area contributed by atoms with E-state index in [9.17, 15) is 22.8 Å². The van der Waals surface area contributed by atoms with Gasteiger partial charge < -0.3 is 16.4 Å². The van der Waals surface area contributed by atoms with Crippen molar-refractivity contribution in [2.45, 2.75) is 44.3 Å². The number of rotatable bonds is 8. The Morgan fingerprint density at radius 3 is 2.23 bits per heavy atom. The van der Waals surface area contributed by atoms with Gasteiger partial charge in [-0.1, -0.05) is 35.9 Å². The molecular formula is C30H29F3N8O2. The molecule has 2 aromatic carbocycles. The number of nitrogens with two attached hydrogens (primary N) is 1. The molecule has 2 heterocycles. The van der Waals surface area contributed by atoms with E-state index in [1.54, 1.807) is 54.7 Å². The maximum atomic E-state index is 13.5. The van der Waals surface area contributed by atoms with Gasteiger partial charge in [0.2, 0.25) is 17.6 Å². The van der Waals surface area contributed by atoms with Crippen LogP contribution in [-0.4, -0.2) is 43.5 Å². The van der Waals surface area contributed by atoms with Gasteiger partial charge in [-0.3, -0.25) is 14.6 Å². The number of aromatic nitrogens is 5. The lowest BCUT2D eigenvalue weighted by atomic mass is 9.85. The summed E-state index contributed by atoms with van der Waals surface area (Å²) in [6.45, 7) is 0. The van der Waals surface area contributed by atoms with Crippen molar-refractivity contribution in [2.24, 2.45) is 11.7 Å². The van der Waals surface area contributed by atoms with Gasteiger partial charge in [-0.25, -0.2) is 0 Å². The minimum atomic E-state index is -4.51. The van der Waals surface area contributed by atoms with Crippen molar-refractivity contribution >= 4 is 17.5 Å². The van der Waals surface area contributed by atoms with Crippen LogP contribution in [0.15, 0.2) is 78.6 Å². The molecule has 1 saturated carbocycles. The Bertz CT molecular complexity index is 1560. The maximum absolute atomic E-state index is 13.5. The highest BCUT2D eigenvalue weighted by atomic mass is 19.4. The van der Waals surface area contributed by atoms with Gasteiger partial charge in [-0.05, 0) is 78.6 Å². The molecule has 2 amide bonds. The number of carbonyl (C=O) groups excluding carboxylic acids is 2. The fourth-order valence-corrected chi connectivity index (χ4v) is 4.93. The summed E-state index contributed by atoms with van der Waals surface area (Å²) in [5, 5.41) is 19.6. The number of nitrogens with zero attached hydrogens (tertiary/aromatic N) is 4. The molecule has 0 unspecified atom stereocenters. The van der Waals surface area contributed by atoms with E-state index in [1.807, 2.05) is 0 Å². The Balaban J connectivity index is 1.30. The van der Waals surface area contributed by atoms with Gasteiger partial charge in [0.05, 0.1) is 0 Å². The molecule has 1 atom stereocenters. The third-order valence-corrected chi connectivity index (χ3v) is 7.40. The van der Waals surface area contributed by atoms with Crippen LogP contribution in [0.25, 0.3) is 22.5 Å². The number of H-pyrrole nitrogens is 1. The predicted molar refractivity (Wildman–Crippen MR) is 153 cm³/mol. The van der Waals surface area contributed by atoms with Crippen LogP contribution in [0.1, 0.15) is 36.9 Å². The van der Waals surface area contributed by atoms with Crippen molar-refractivity contribution in [2.75, 3.05) is 5.32 Å². The zero-order valence-electron chi connectivity index (χ0n) is 22.9. The van der Waals surface area contributed by atoms with Gasteiger partial charge in [0, 0.05) is 35.3 Å². The highest BCUT2D eigenvalue weighted by Crippen LogP contribution is 2.30.